The van der Waals surface area contributed by atoms with Crippen LogP contribution in [0.5, 0.6) is 0 Å². The molecule has 5 atom stereocenters. The van der Waals surface area contributed by atoms with Crippen LogP contribution in [-0.2, 0) is 24.0 Å². The molecule has 0 bridgehead atoms. The van der Waals surface area contributed by atoms with Crippen molar-refractivity contribution in [3.05, 3.63) is 0 Å². The molecular weight excluding hydrogens is 518 g/mol. The molecule has 12 N–H and O–H groups in total. The summed E-state index contributed by atoms with van der Waals surface area (Å²) in [4.78, 5) is 62.4. The van der Waals surface area contributed by atoms with Crippen molar-refractivity contribution in [2.75, 3.05) is 25.4 Å². The van der Waals surface area contributed by atoms with E-state index < -0.39 is 66.4 Å². The lowest BCUT2D eigenvalue weighted by Gasteiger charge is -2.26. The first-order valence-corrected chi connectivity index (χ1v) is 13.4. The third kappa shape index (κ3) is 13.9. The maximum atomic E-state index is 13.2. The molecule has 0 aromatic heterocycles. The molecule has 0 aliphatic rings. The van der Waals surface area contributed by atoms with Crippen LogP contribution in [0.25, 0.3) is 0 Å². The van der Waals surface area contributed by atoms with E-state index in [4.69, 9.17) is 22.3 Å². The van der Waals surface area contributed by atoms with Crippen molar-refractivity contribution in [2.24, 2.45) is 23.1 Å². The highest BCUT2D eigenvalue weighted by atomic mass is 32.1. The van der Waals surface area contributed by atoms with Gasteiger partial charge in [0.15, 0.2) is 0 Å². The lowest BCUT2D eigenvalue weighted by atomic mass is 10.0. The van der Waals surface area contributed by atoms with Gasteiger partial charge in [0.05, 0.1) is 12.6 Å². The van der Waals surface area contributed by atoms with Gasteiger partial charge >= 0.3 is 5.97 Å². The first-order chi connectivity index (χ1) is 17.9. The molecule has 0 aliphatic carbocycles. The Balaban J connectivity index is 5.56. The minimum Gasteiger partial charge on any atom is -0.480 e. The fourth-order valence-electron chi connectivity index (χ4n) is 3.41. The van der Waals surface area contributed by atoms with Crippen molar-refractivity contribution in [3.63, 3.8) is 0 Å². The van der Waals surface area contributed by atoms with E-state index in [1.165, 1.54) is 0 Å². The molecule has 0 unspecified atom stereocenters. The summed E-state index contributed by atoms with van der Waals surface area (Å²) in [7, 11) is 0. The van der Waals surface area contributed by atoms with Crippen LogP contribution in [0.2, 0.25) is 0 Å². The van der Waals surface area contributed by atoms with Crippen molar-refractivity contribution >= 4 is 42.2 Å². The fourth-order valence-corrected chi connectivity index (χ4v) is 3.67. The van der Waals surface area contributed by atoms with Crippen LogP contribution in [0.3, 0.4) is 0 Å². The normalized spacial score (nSPS) is 15.1. The number of unbranched alkanes of at least 4 members (excludes halogenated alkanes) is 1. The Kier molecular flexibility index (Phi) is 18.3. The summed E-state index contributed by atoms with van der Waals surface area (Å²) >= 11 is 4.13. The molecule has 0 saturated carbocycles. The van der Waals surface area contributed by atoms with Gasteiger partial charge in [-0.25, -0.2) is 4.79 Å². The molecule has 0 aromatic rings. The minimum atomic E-state index is -1.54. The molecule has 15 heteroatoms. The van der Waals surface area contributed by atoms with E-state index in [0.29, 0.717) is 38.8 Å². The van der Waals surface area contributed by atoms with Crippen LogP contribution in [0.4, 0.5) is 0 Å². The van der Waals surface area contributed by atoms with Crippen LogP contribution >= 0.6 is 12.6 Å². The highest BCUT2D eigenvalue weighted by Crippen LogP contribution is 2.09. The van der Waals surface area contributed by atoms with Gasteiger partial charge in [-0.15, -0.1) is 0 Å². The molecule has 0 saturated heterocycles. The van der Waals surface area contributed by atoms with Crippen molar-refractivity contribution in [1.82, 2.24) is 21.3 Å². The van der Waals surface area contributed by atoms with Crippen LogP contribution in [-0.4, -0.2) is 95.5 Å². The monoisotopic (exact) mass is 563 g/mol. The summed E-state index contributed by atoms with van der Waals surface area (Å²) in [6, 6.07) is -5.66. The average Bonchev–Trinajstić information content (AvgIpc) is 2.86. The topological polar surface area (TPSA) is 252 Å². The molecule has 0 spiro atoms. The number of amides is 4. The zero-order valence-electron chi connectivity index (χ0n) is 22.2. The number of carboxylic acid groups (broad SMARTS) is 1. The maximum Gasteiger partial charge on any atom is 0.328 e. The number of aliphatic hydroxyl groups excluding tert-OH is 1. The molecule has 0 heterocycles. The second-order valence-electron chi connectivity index (χ2n) is 9.40. The maximum absolute atomic E-state index is 13.2. The second-order valence-corrected chi connectivity index (χ2v) is 9.76. The van der Waals surface area contributed by atoms with E-state index >= 15 is 0 Å². The number of thiol groups is 1. The highest BCUT2D eigenvalue weighted by Gasteiger charge is 2.31. The Morgan fingerprint density at radius 3 is 1.74 bits per heavy atom. The third-order valence-electron chi connectivity index (χ3n) is 5.59. The van der Waals surface area contributed by atoms with Crippen molar-refractivity contribution in [1.29, 1.82) is 0 Å². The van der Waals surface area contributed by atoms with Gasteiger partial charge in [0.1, 0.15) is 24.2 Å². The van der Waals surface area contributed by atoms with Crippen LogP contribution in [0.15, 0.2) is 0 Å². The number of hydrogen-bond acceptors (Lipinski definition) is 10. The molecule has 0 radical (unpaired) electrons. The van der Waals surface area contributed by atoms with Gasteiger partial charge in [-0.3, -0.25) is 19.2 Å². The summed E-state index contributed by atoms with van der Waals surface area (Å²) in [6.07, 6.45) is 2.27. The molecule has 220 valence electrons. The zero-order chi connectivity index (χ0) is 29.3. The zero-order valence-corrected chi connectivity index (χ0v) is 23.0. The van der Waals surface area contributed by atoms with Gasteiger partial charge in [-0.05, 0) is 57.5 Å². The number of rotatable bonds is 20. The Labute approximate surface area is 229 Å². The van der Waals surface area contributed by atoms with Gasteiger partial charge in [0.2, 0.25) is 23.6 Å². The quantitative estimate of drug-likeness (QED) is 0.0537. The Morgan fingerprint density at radius 2 is 1.24 bits per heavy atom. The van der Waals surface area contributed by atoms with Gasteiger partial charge < -0.3 is 48.7 Å². The number of nitrogens with two attached hydrogens (primary N) is 3. The molecule has 0 fully saturated rings. The summed E-state index contributed by atoms with van der Waals surface area (Å²) in [5.41, 5.74) is 16.8. The molecule has 0 aromatic carbocycles. The number of carbonyl (C=O) groups is 5. The Hall–Kier alpha value is -2.46. The fraction of sp³-hybridized carbons (Fsp3) is 0.783. The molecule has 14 nitrogen and oxygen atoms in total. The number of aliphatic carboxylic acids is 1. The smallest absolute Gasteiger partial charge is 0.328 e. The summed E-state index contributed by atoms with van der Waals surface area (Å²) in [6.45, 7) is 3.57. The number of aliphatic hydroxyl groups is 1. The van der Waals surface area contributed by atoms with Gasteiger partial charge in [-0.1, -0.05) is 13.8 Å². The van der Waals surface area contributed by atoms with Gasteiger partial charge in [-0.2, -0.15) is 12.6 Å². The third-order valence-corrected chi connectivity index (χ3v) is 5.95. The summed E-state index contributed by atoms with van der Waals surface area (Å²) < 4.78 is 0. The Bertz CT molecular complexity index is 772. The predicted molar refractivity (Wildman–Crippen MR) is 145 cm³/mol. The standard InChI is InChI=1S/C23H45N7O7S/c1-13(2)10-16(28-22(35)18(12-38)30-19(32)14(26)6-5-9-25)21(34)27-15(7-3-4-8-24)20(33)29-17(11-31)23(36)37/h13-18,31,38H,3-12,24-26H2,1-2H3,(H,27,34)(H,28,35)(H,29,33)(H,30,32)(H,36,37)/t14-,15-,16-,17-,18-/m0/s1. The SMILES string of the molecule is CC(C)C[C@H](NC(=O)[C@H](CS)NC(=O)[C@@H](N)CCCN)C(=O)N[C@@H](CCCCN)C(=O)N[C@@H](CO)C(=O)O. The van der Waals surface area contributed by atoms with Crippen LogP contribution in [0.1, 0.15) is 52.4 Å². The number of nitrogens with one attached hydrogen (secondary N) is 4. The van der Waals surface area contributed by atoms with E-state index in [1.807, 2.05) is 13.8 Å². The lowest BCUT2D eigenvalue weighted by Crippen LogP contribution is -2.59. The van der Waals surface area contributed by atoms with E-state index in [2.05, 4.69) is 33.9 Å². The summed E-state index contributed by atoms with van der Waals surface area (Å²) in [5.74, 6) is -4.19. The van der Waals surface area contributed by atoms with Crippen LogP contribution in [0, 0.1) is 5.92 Å². The van der Waals surface area contributed by atoms with E-state index in [1.54, 1.807) is 0 Å². The van der Waals surface area contributed by atoms with E-state index in [-0.39, 0.29) is 24.5 Å². The average molecular weight is 564 g/mol. The van der Waals surface area contributed by atoms with Crippen LogP contribution < -0.4 is 38.5 Å². The Morgan fingerprint density at radius 1 is 0.737 bits per heavy atom. The largest absolute Gasteiger partial charge is 0.480 e. The predicted octanol–water partition coefficient (Wildman–Crippen LogP) is -2.83. The highest BCUT2D eigenvalue weighted by molar-refractivity contribution is 7.80. The lowest BCUT2D eigenvalue weighted by molar-refractivity contribution is -0.143. The number of carboxylic acids is 1. The molecule has 4 amide bonds. The molecule has 38 heavy (non-hydrogen) atoms. The van der Waals surface area contributed by atoms with Gasteiger partial charge in [0.25, 0.3) is 0 Å². The number of carbonyl (C=O) groups excluding carboxylic acids is 4. The number of hydrogen-bond donors (Lipinski definition) is 10. The van der Waals surface area contributed by atoms with Gasteiger partial charge in [0, 0.05) is 5.75 Å². The van der Waals surface area contributed by atoms with E-state index in [9.17, 15) is 29.1 Å². The van der Waals surface area contributed by atoms with Crippen molar-refractivity contribution < 1.29 is 34.2 Å². The second kappa shape index (κ2) is 19.6. The summed E-state index contributed by atoms with van der Waals surface area (Å²) in [5, 5.41) is 28.3. The minimum absolute atomic E-state index is 0.0323. The molecular formula is C23H45N7O7S. The first-order valence-electron chi connectivity index (χ1n) is 12.7. The first kappa shape index (κ1) is 35.5. The molecule has 0 aliphatic heterocycles. The van der Waals surface area contributed by atoms with Crippen molar-refractivity contribution in [3.8, 4) is 0 Å². The van der Waals surface area contributed by atoms with Crippen molar-refractivity contribution in [2.45, 2.75) is 82.6 Å². The molecule has 0 rings (SSSR count). The van der Waals surface area contributed by atoms with E-state index in [0.717, 1.165) is 0 Å².